The molecule has 1 aromatic heterocycles. The molecule has 0 fully saturated rings. The molecule has 3 nitrogen and oxygen atoms in total. The molecular formula is C18H11F3N2OS. The van der Waals surface area contributed by atoms with Gasteiger partial charge in [0.1, 0.15) is 5.03 Å². The van der Waals surface area contributed by atoms with E-state index in [0.717, 1.165) is 17.0 Å². The van der Waals surface area contributed by atoms with Gasteiger partial charge in [-0.1, -0.05) is 30.0 Å². The quantitative estimate of drug-likeness (QED) is 0.673. The van der Waals surface area contributed by atoms with Gasteiger partial charge in [-0.3, -0.25) is 4.79 Å². The summed E-state index contributed by atoms with van der Waals surface area (Å²) in [5.74, 6) is -5.08. The number of anilines is 1. The largest absolute Gasteiger partial charge is 0.319 e. The summed E-state index contributed by atoms with van der Waals surface area (Å²) in [5.41, 5.74) is -0.246. The number of amides is 1. The number of carbonyl (C=O) groups is 1. The first-order valence-electron chi connectivity index (χ1n) is 7.19. The van der Waals surface area contributed by atoms with Crippen LogP contribution in [0.25, 0.3) is 0 Å². The number of hydrogen-bond donors (Lipinski definition) is 1. The molecule has 126 valence electrons. The molecule has 0 saturated heterocycles. The topological polar surface area (TPSA) is 42.0 Å². The van der Waals surface area contributed by atoms with Gasteiger partial charge in [0.2, 0.25) is 0 Å². The van der Waals surface area contributed by atoms with Gasteiger partial charge in [-0.15, -0.1) is 0 Å². The lowest BCUT2D eigenvalue weighted by atomic mass is 10.2. The molecule has 0 aliphatic heterocycles. The van der Waals surface area contributed by atoms with Crippen LogP contribution in [-0.4, -0.2) is 10.9 Å². The highest BCUT2D eigenvalue weighted by Gasteiger charge is 2.18. The zero-order valence-electron chi connectivity index (χ0n) is 12.7. The van der Waals surface area contributed by atoms with Crippen molar-refractivity contribution in [3.63, 3.8) is 0 Å². The average molecular weight is 360 g/mol. The Balaban J connectivity index is 1.87. The molecule has 25 heavy (non-hydrogen) atoms. The Hall–Kier alpha value is -2.80. The molecule has 0 aliphatic rings. The Labute approximate surface area is 145 Å². The monoisotopic (exact) mass is 360 g/mol. The van der Waals surface area contributed by atoms with E-state index < -0.39 is 29.0 Å². The molecule has 3 aromatic rings. The summed E-state index contributed by atoms with van der Waals surface area (Å²) < 4.78 is 40.0. The van der Waals surface area contributed by atoms with Gasteiger partial charge >= 0.3 is 0 Å². The van der Waals surface area contributed by atoms with Crippen molar-refractivity contribution in [2.24, 2.45) is 0 Å². The maximum Gasteiger partial charge on any atom is 0.258 e. The van der Waals surface area contributed by atoms with Gasteiger partial charge in [0, 0.05) is 11.1 Å². The van der Waals surface area contributed by atoms with Crippen molar-refractivity contribution in [2.75, 3.05) is 5.32 Å². The van der Waals surface area contributed by atoms with E-state index in [1.54, 1.807) is 6.07 Å². The highest BCUT2D eigenvalue weighted by Crippen LogP contribution is 2.29. The van der Waals surface area contributed by atoms with Crippen molar-refractivity contribution >= 4 is 23.4 Å². The van der Waals surface area contributed by atoms with E-state index in [1.807, 2.05) is 30.3 Å². The second-order valence-corrected chi connectivity index (χ2v) is 6.01. The molecule has 0 saturated carbocycles. The minimum Gasteiger partial charge on any atom is -0.319 e. The summed E-state index contributed by atoms with van der Waals surface area (Å²) in [7, 11) is 0. The van der Waals surface area contributed by atoms with Crippen molar-refractivity contribution in [1.29, 1.82) is 0 Å². The third-order valence-corrected chi connectivity index (χ3v) is 4.28. The van der Waals surface area contributed by atoms with Crippen LogP contribution < -0.4 is 5.32 Å². The van der Waals surface area contributed by atoms with Crippen molar-refractivity contribution < 1.29 is 18.0 Å². The minimum atomic E-state index is -1.64. The molecular weight excluding hydrogens is 349 g/mol. The molecule has 0 aliphatic carbocycles. The summed E-state index contributed by atoms with van der Waals surface area (Å²) in [6, 6.07) is 14.1. The lowest BCUT2D eigenvalue weighted by Gasteiger charge is -2.10. The van der Waals surface area contributed by atoms with Crippen LogP contribution >= 0.6 is 11.8 Å². The number of rotatable bonds is 4. The number of halogens is 3. The number of nitrogens with one attached hydrogen (secondary N) is 1. The van der Waals surface area contributed by atoms with Crippen LogP contribution in [0.4, 0.5) is 18.9 Å². The van der Waals surface area contributed by atoms with Crippen molar-refractivity contribution in [2.45, 2.75) is 9.92 Å². The van der Waals surface area contributed by atoms with Crippen molar-refractivity contribution in [3.8, 4) is 0 Å². The first-order valence-corrected chi connectivity index (χ1v) is 8.00. The fraction of sp³-hybridized carbons (Fsp3) is 0. The van der Waals surface area contributed by atoms with Gasteiger partial charge in [-0.2, -0.15) is 0 Å². The van der Waals surface area contributed by atoms with Gasteiger partial charge in [-0.25, -0.2) is 18.2 Å². The van der Waals surface area contributed by atoms with Crippen LogP contribution in [0.15, 0.2) is 70.7 Å². The standard InChI is InChI=1S/C18H11F3N2OS/c19-13-8-9-14(16(21)15(13)20)23-17(24)12-7-4-10-22-18(12)25-11-5-2-1-3-6-11/h1-10H,(H,23,24). The average Bonchev–Trinajstić information content (AvgIpc) is 2.63. The maximum absolute atomic E-state index is 13.7. The second kappa shape index (κ2) is 7.40. The Morgan fingerprint density at radius 3 is 2.44 bits per heavy atom. The highest BCUT2D eigenvalue weighted by molar-refractivity contribution is 7.99. The zero-order valence-corrected chi connectivity index (χ0v) is 13.5. The molecule has 3 rings (SSSR count). The lowest BCUT2D eigenvalue weighted by molar-refractivity contribution is 0.102. The van der Waals surface area contributed by atoms with E-state index in [1.165, 1.54) is 24.0 Å². The number of benzene rings is 2. The molecule has 0 bridgehead atoms. The van der Waals surface area contributed by atoms with Crippen molar-refractivity contribution in [1.82, 2.24) is 4.98 Å². The third-order valence-electron chi connectivity index (χ3n) is 3.26. The number of hydrogen-bond acceptors (Lipinski definition) is 3. The van der Waals surface area contributed by atoms with E-state index in [9.17, 15) is 18.0 Å². The van der Waals surface area contributed by atoms with Crippen LogP contribution in [0.3, 0.4) is 0 Å². The van der Waals surface area contributed by atoms with Gasteiger partial charge in [0.25, 0.3) is 5.91 Å². The molecule has 7 heteroatoms. The zero-order chi connectivity index (χ0) is 17.8. The summed E-state index contributed by atoms with van der Waals surface area (Å²) in [6.07, 6.45) is 1.53. The number of carbonyl (C=O) groups excluding carboxylic acids is 1. The first-order chi connectivity index (χ1) is 12.1. The number of aromatic nitrogens is 1. The summed E-state index contributed by atoms with van der Waals surface area (Å²) >= 11 is 1.26. The Bertz CT molecular complexity index is 919. The van der Waals surface area contributed by atoms with Crippen LogP contribution in [0.1, 0.15) is 10.4 Å². The van der Waals surface area contributed by atoms with Gasteiger partial charge in [0.05, 0.1) is 11.3 Å². The third kappa shape index (κ3) is 3.83. The number of pyridine rings is 1. The van der Waals surface area contributed by atoms with Crippen LogP contribution in [0.2, 0.25) is 0 Å². The first kappa shape index (κ1) is 17.0. The smallest absolute Gasteiger partial charge is 0.258 e. The molecule has 0 spiro atoms. The fourth-order valence-electron chi connectivity index (χ4n) is 2.06. The summed E-state index contributed by atoms with van der Waals surface area (Å²) in [6.45, 7) is 0. The highest BCUT2D eigenvalue weighted by atomic mass is 32.2. The summed E-state index contributed by atoms with van der Waals surface area (Å²) in [4.78, 5) is 17.5. The van der Waals surface area contributed by atoms with Gasteiger partial charge in [-0.05, 0) is 36.4 Å². The van der Waals surface area contributed by atoms with Gasteiger partial charge < -0.3 is 5.32 Å². The molecule has 0 atom stereocenters. The van der Waals surface area contributed by atoms with E-state index in [4.69, 9.17) is 0 Å². The second-order valence-electron chi connectivity index (χ2n) is 4.95. The van der Waals surface area contributed by atoms with Gasteiger partial charge in [0.15, 0.2) is 17.5 Å². The maximum atomic E-state index is 13.7. The molecule has 2 aromatic carbocycles. The summed E-state index contributed by atoms with van der Waals surface area (Å²) in [5, 5.41) is 2.66. The fourth-order valence-corrected chi connectivity index (χ4v) is 2.96. The normalized spacial score (nSPS) is 10.5. The van der Waals surface area contributed by atoms with E-state index >= 15 is 0 Å². The SMILES string of the molecule is O=C(Nc1ccc(F)c(F)c1F)c1cccnc1Sc1ccccc1. The van der Waals surface area contributed by atoms with Crippen LogP contribution in [-0.2, 0) is 0 Å². The molecule has 0 radical (unpaired) electrons. The van der Waals surface area contributed by atoms with E-state index in [0.29, 0.717) is 5.03 Å². The Kier molecular flexibility index (Phi) is 5.04. The predicted octanol–water partition coefficient (Wildman–Crippen LogP) is 4.90. The van der Waals surface area contributed by atoms with E-state index in [-0.39, 0.29) is 5.56 Å². The molecule has 1 N–H and O–H groups in total. The van der Waals surface area contributed by atoms with Crippen molar-refractivity contribution in [3.05, 3.63) is 83.8 Å². The molecule has 0 unspecified atom stereocenters. The lowest BCUT2D eigenvalue weighted by Crippen LogP contribution is -2.15. The predicted molar refractivity (Wildman–Crippen MR) is 89.1 cm³/mol. The van der Waals surface area contributed by atoms with E-state index in [2.05, 4.69) is 10.3 Å². The molecule has 1 heterocycles. The number of nitrogens with zero attached hydrogens (tertiary/aromatic N) is 1. The van der Waals surface area contributed by atoms with Crippen LogP contribution in [0, 0.1) is 17.5 Å². The Morgan fingerprint density at radius 1 is 0.920 bits per heavy atom. The Morgan fingerprint density at radius 2 is 1.68 bits per heavy atom. The minimum absolute atomic E-state index is 0.195. The van der Waals surface area contributed by atoms with Crippen LogP contribution in [0.5, 0.6) is 0 Å². The molecule has 1 amide bonds.